The number of likely N-dealkylation sites (N-methyl/N-ethyl adjacent to an activating group) is 1. The van der Waals surface area contributed by atoms with Gasteiger partial charge in [-0.25, -0.2) is 13.8 Å². The molecule has 0 aromatic carbocycles. The Morgan fingerprint density at radius 3 is 2.73 bits per heavy atom. The molecular formula is C9H11F2N3O. The largest absolute Gasteiger partial charge is 0.357 e. The van der Waals surface area contributed by atoms with Crippen LogP contribution in [0.4, 0.5) is 14.6 Å². The molecule has 1 atom stereocenters. The van der Waals surface area contributed by atoms with E-state index in [4.69, 9.17) is 0 Å². The van der Waals surface area contributed by atoms with Crippen molar-refractivity contribution < 1.29 is 13.6 Å². The Labute approximate surface area is 85.7 Å². The topological polar surface area (TPSA) is 54.0 Å². The van der Waals surface area contributed by atoms with E-state index in [0.29, 0.717) is 6.07 Å². The van der Waals surface area contributed by atoms with Gasteiger partial charge in [0, 0.05) is 13.1 Å². The average molecular weight is 215 g/mol. The summed E-state index contributed by atoms with van der Waals surface area (Å²) in [6.07, 6.45) is 0.877. The molecule has 82 valence electrons. The van der Waals surface area contributed by atoms with Crippen LogP contribution in [0.1, 0.15) is 6.92 Å². The second kappa shape index (κ2) is 4.68. The number of carbonyl (C=O) groups excluding carboxylic acids is 1. The van der Waals surface area contributed by atoms with Crippen LogP contribution in [0.15, 0.2) is 12.3 Å². The highest BCUT2D eigenvalue weighted by Crippen LogP contribution is 2.11. The summed E-state index contributed by atoms with van der Waals surface area (Å²) < 4.78 is 25.6. The zero-order valence-corrected chi connectivity index (χ0v) is 8.34. The number of carbonyl (C=O) groups is 1. The van der Waals surface area contributed by atoms with Gasteiger partial charge in [-0.2, -0.15) is 0 Å². The third kappa shape index (κ3) is 2.87. The van der Waals surface area contributed by atoms with Crippen molar-refractivity contribution in [3.63, 3.8) is 0 Å². The number of aromatic nitrogens is 1. The summed E-state index contributed by atoms with van der Waals surface area (Å²) in [4.78, 5) is 14.6. The molecule has 15 heavy (non-hydrogen) atoms. The van der Waals surface area contributed by atoms with Gasteiger partial charge < -0.3 is 10.6 Å². The molecule has 2 N–H and O–H groups in total. The van der Waals surface area contributed by atoms with Gasteiger partial charge in [-0.1, -0.05) is 0 Å². The molecule has 1 rings (SSSR count). The highest BCUT2D eigenvalue weighted by molar-refractivity contribution is 5.83. The highest BCUT2D eigenvalue weighted by atomic mass is 19.1. The quantitative estimate of drug-likeness (QED) is 0.787. The Hall–Kier alpha value is -1.72. The number of pyridine rings is 1. The van der Waals surface area contributed by atoms with Gasteiger partial charge in [0.25, 0.3) is 0 Å². The van der Waals surface area contributed by atoms with Gasteiger partial charge in [-0.15, -0.1) is 0 Å². The zero-order chi connectivity index (χ0) is 11.4. The molecule has 0 aliphatic carbocycles. The molecule has 0 aliphatic heterocycles. The number of anilines is 1. The molecule has 1 heterocycles. The molecule has 1 aromatic rings. The predicted octanol–water partition coefficient (Wildman–Crippen LogP) is 0.906. The van der Waals surface area contributed by atoms with Crippen molar-refractivity contribution in [2.24, 2.45) is 0 Å². The van der Waals surface area contributed by atoms with Crippen LogP contribution in [0.25, 0.3) is 0 Å². The van der Waals surface area contributed by atoms with E-state index < -0.39 is 17.7 Å². The van der Waals surface area contributed by atoms with Gasteiger partial charge in [0.2, 0.25) is 5.91 Å². The van der Waals surface area contributed by atoms with Crippen molar-refractivity contribution >= 4 is 11.7 Å². The van der Waals surface area contributed by atoms with E-state index in [1.54, 1.807) is 6.92 Å². The van der Waals surface area contributed by atoms with Gasteiger partial charge >= 0.3 is 0 Å². The first-order valence-corrected chi connectivity index (χ1v) is 4.33. The van der Waals surface area contributed by atoms with E-state index >= 15 is 0 Å². The summed E-state index contributed by atoms with van der Waals surface area (Å²) in [6, 6.07) is 0.0637. The number of rotatable bonds is 3. The first-order chi connectivity index (χ1) is 7.04. The fraction of sp³-hybridized carbons (Fsp3) is 0.333. The highest BCUT2D eigenvalue weighted by Gasteiger charge is 2.13. The average Bonchev–Trinajstić information content (AvgIpc) is 2.20. The number of nitrogens with one attached hydrogen (secondary N) is 2. The van der Waals surface area contributed by atoms with Crippen molar-refractivity contribution in [1.29, 1.82) is 0 Å². The Morgan fingerprint density at radius 1 is 1.53 bits per heavy atom. The fourth-order valence-corrected chi connectivity index (χ4v) is 1.01. The molecule has 0 spiro atoms. The smallest absolute Gasteiger partial charge is 0.241 e. The molecule has 4 nitrogen and oxygen atoms in total. The van der Waals surface area contributed by atoms with Crippen LogP contribution in [-0.4, -0.2) is 24.0 Å². The third-order valence-corrected chi connectivity index (χ3v) is 1.80. The number of nitrogens with zero attached hydrogens (tertiary/aromatic N) is 1. The standard InChI is InChI=1S/C9H11F2N3O/c1-5(9(15)12-2)14-8-7(11)3-6(10)4-13-8/h3-5H,1-2H3,(H,12,15)(H,13,14). The molecule has 1 amide bonds. The van der Waals surface area contributed by atoms with E-state index in [-0.39, 0.29) is 11.7 Å². The van der Waals surface area contributed by atoms with Gasteiger partial charge in [-0.05, 0) is 6.92 Å². The minimum atomic E-state index is -0.828. The number of halogens is 2. The first kappa shape index (κ1) is 11.4. The summed E-state index contributed by atoms with van der Waals surface area (Å²) in [6.45, 7) is 1.54. The van der Waals surface area contributed by atoms with Gasteiger partial charge in [0.1, 0.15) is 11.9 Å². The lowest BCUT2D eigenvalue weighted by molar-refractivity contribution is -0.121. The number of amides is 1. The Bertz CT molecular complexity index is 370. The van der Waals surface area contributed by atoms with E-state index in [1.807, 2.05) is 0 Å². The molecule has 0 aliphatic rings. The second-order valence-corrected chi connectivity index (χ2v) is 2.96. The van der Waals surface area contributed by atoms with Crippen LogP contribution < -0.4 is 10.6 Å². The van der Waals surface area contributed by atoms with Gasteiger partial charge in [0.15, 0.2) is 11.6 Å². The van der Waals surface area contributed by atoms with Gasteiger partial charge in [-0.3, -0.25) is 4.79 Å². The molecule has 0 saturated heterocycles. The Balaban J connectivity index is 2.76. The SMILES string of the molecule is CNC(=O)C(C)Nc1ncc(F)cc1F. The minimum Gasteiger partial charge on any atom is -0.357 e. The van der Waals surface area contributed by atoms with Crippen molar-refractivity contribution in [2.75, 3.05) is 12.4 Å². The van der Waals surface area contributed by atoms with Crippen LogP contribution in [-0.2, 0) is 4.79 Å². The maximum Gasteiger partial charge on any atom is 0.241 e. The Morgan fingerprint density at radius 2 is 2.20 bits per heavy atom. The van der Waals surface area contributed by atoms with E-state index in [2.05, 4.69) is 15.6 Å². The van der Waals surface area contributed by atoms with Crippen LogP contribution >= 0.6 is 0 Å². The molecule has 1 aromatic heterocycles. The minimum absolute atomic E-state index is 0.146. The number of hydrogen-bond donors (Lipinski definition) is 2. The Kier molecular flexibility index (Phi) is 3.54. The van der Waals surface area contributed by atoms with E-state index in [1.165, 1.54) is 7.05 Å². The van der Waals surface area contributed by atoms with Crippen molar-refractivity contribution in [3.05, 3.63) is 23.9 Å². The molecule has 0 radical (unpaired) electrons. The normalized spacial score (nSPS) is 12.0. The molecular weight excluding hydrogens is 204 g/mol. The lowest BCUT2D eigenvalue weighted by Gasteiger charge is -2.12. The first-order valence-electron chi connectivity index (χ1n) is 4.33. The number of hydrogen-bond acceptors (Lipinski definition) is 3. The van der Waals surface area contributed by atoms with Crippen molar-refractivity contribution in [3.8, 4) is 0 Å². The van der Waals surface area contributed by atoms with Crippen molar-refractivity contribution in [2.45, 2.75) is 13.0 Å². The van der Waals surface area contributed by atoms with E-state index in [0.717, 1.165) is 6.20 Å². The molecule has 0 bridgehead atoms. The fourth-order valence-electron chi connectivity index (χ4n) is 1.01. The second-order valence-electron chi connectivity index (χ2n) is 2.96. The zero-order valence-electron chi connectivity index (χ0n) is 8.34. The predicted molar refractivity (Wildman–Crippen MR) is 51.3 cm³/mol. The van der Waals surface area contributed by atoms with E-state index in [9.17, 15) is 13.6 Å². The molecule has 0 saturated carbocycles. The third-order valence-electron chi connectivity index (χ3n) is 1.80. The van der Waals surface area contributed by atoms with Crippen LogP contribution in [0.2, 0.25) is 0 Å². The van der Waals surface area contributed by atoms with Crippen molar-refractivity contribution in [1.82, 2.24) is 10.3 Å². The summed E-state index contributed by atoms with van der Waals surface area (Å²) in [5.41, 5.74) is 0. The maximum atomic E-state index is 13.1. The summed E-state index contributed by atoms with van der Waals surface area (Å²) in [5, 5.41) is 4.91. The summed E-state index contributed by atoms with van der Waals surface area (Å²) in [7, 11) is 1.47. The monoisotopic (exact) mass is 215 g/mol. The summed E-state index contributed by atoms with van der Waals surface area (Å²) >= 11 is 0. The van der Waals surface area contributed by atoms with Crippen LogP contribution in [0.5, 0.6) is 0 Å². The molecule has 0 fully saturated rings. The maximum absolute atomic E-state index is 13.1. The van der Waals surface area contributed by atoms with Gasteiger partial charge in [0.05, 0.1) is 6.20 Å². The van der Waals surface area contributed by atoms with Crippen LogP contribution in [0.3, 0.4) is 0 Å². The van der Waals surface area contributed by atoms with Crippen LogP contribution in [0, 0.1) is 11.6 Å². The summed E-state index contributed by atoms with van der Waals surface area (Å²) in [5.74, 6) is -2.04. The molecule has 6 heteroatoms. The lowest BCUT2D eigenvalue weighted by Crippen LogP contribution is -2.35. The molecule has 1 unspecified atom stereocenters. The lowest BCUT2D eigenvalue weighted by atomic mass is 10.3.